The van der Waals surface area contributed by atoms with Crippen molar-refractivity contribution in [3.05, 3.63) is 52.9 Å². The Morgan fingerprint density at radius 2 is 2.00 bits per heavy atom. The Bertz CT molecular complexity index is 640. The number of aryl methyl sites for hydroxylation is 1. The molecular formula is C14H14F2N2O2. The number of rotatable bonds is 3. The molecule has 0 N–H and O–H groups in total. The predicted octanol–water partition coefficient (Wildman–Crippen LogP) is 3.09. The van der Waals surface area contributed by atoms with E-state index in [0.717, 1.165) is 12.1 Å². The van der Waals surface area contributed by atoms with E-state index >= 15 is 0 Å². The summed E-state index contributed by atoms with van der Waals surface area (Å²) in [6.45, 7) is 3.42. The minimum Gasteiger partial charge on any atom is -0.351 e. The van der Waals surface area contributed by atoms with Gasteiger partial charge in [0.1, 0.15) is 0 Å². The van der Waals surface area contributed by atoms with Gasteiger partial charge in [-0.25, -0.2) is 8.78 Å². The van der Waals surface area contributed by atoms with Crippen LogP contribution in [0.5, 0.6) is 0 Å². The van der Waals surface area contributed by atoms with Crippen molar-refractivity contribution in [1.82, 2.24) is 10.1 Å². The van der Waals surface area contributed by atoms with E-state index in [2.05, 4.69) is 5.16 Å². The molecule has 106 valence electrons. The number of hydrogen-bond donors (Lipinski definition) is 0. The van der Waals surface area contributed by atoms with E-state index in [1.54, 1.807) is 20.9 Å². The van der Waals surface area contributed by atoms with Crippen molar-refractivity contribution < 1.29 is 18.1 Å². The van der Waals surface area contributed by atoms with Crippen LogP contribution in [0.4, 0.5) is 8.78 Å². The molecule has 20 heavy (non-hydrogen) atoms. The lowest BCUT2D eigenvalue weighted by Gasteiger charge is -2.24. The maximum Gasteiger partial charge on any atom is 0.292 e. The van der Waals surface area contributed by atoms with Crippen LogP contribution in [0.3, 0.4) is 0 Å². The van der Waals surface area contributed by atoms with Crippen LogP contribution in [0.2, 0.25) is 0 Å². The van der Waals surface area contributed by atoms with Crippen molar-refractivity contribution in [2.75, 3.05) is 7.05 Å². The lowest BCUT2D eigenvalue weighted by molar-refractivity contribution is 0.0700. The molecule has 1 aromatic heterocycles. The molecule has 0 saturated heterocycles. The third-order valence-corrected chi connectivity index (χ3v) is 3.17. The molecule has 1 atom stereocenters. The number of nitrogens with zero attached hydrogens (tertiary/aromatic N) is 2. The van der Waals surface area contributed by atoms with Crippen molar-refractivity contribution in [3.8, 4) is 0 Å². The first-order valence-corrected chi connectivity index (χ1v) is 6.05. The minimum atomic E-state index is -0.939. The Hall–Kier alpha value is -2.24. The maximum absolute atomic E-state index is 13.2. The second kappa shape index (κ2) is 5.40. The molecule has 0 aliphatic carbocycles. The molecule has 1 aromatic carbocycles. The molecule has 6 heteroatoms. The molecule has 4 nitrogen and oxygen atoms in total. The first-order chi connectivity index (χ1) is 9.40. The number of hydrogen-bond acceptors (Lipinski definition) is 3. The van der Waals surface area contributed by atoms with E-state index in [0.29, 0.717) is 11.3 Å². The average molecular weight is 280 g/mol. The van der Waals surface area contributed by atoms with Crippen LogP contribution < -0.4 is 0 Å². The fraction of sp³-hybridized carbons (Fsp3) is 0.286. The van der Waals surface area contributed by atoms with E-state index < -0.39 is 17.7 Å². The van der Waals surface area contributed by atoms with Gasteiger partial charge in [-0.3, -0.25) is 4.79 Å². The van der Waals surface area contributed by atoms with Gasteiger partial charge in [0.25, 0.3) is 5.91 Å². The van der Waals surface area contributed by atoms with Gasteiger partial charge in [-0.05, 0) is 31.5 Å². The Morgan fingerprint density at radius 1 is 1.30 bits per heavy atom. The summed E-state index contributed by atoms with van der Waals surface area (Å²) in [5.74, 6) is -2.12. The zero-order valence-electron chi connectivity index (χ0n) is 11.4. The number of carbonyl (C=O) groups excluding carboxylic acids is 1. The molecular weight excluding hydrogens is 266 g/mol. The molecule has 0 fully saturated rings. The minimum absolute atomic E-state index is 0.111. The molecule has 0 aliphatic heterocycles. The Kier molecular flexibility index (Phi) is 3.83. The average Bonchev–Trinajstić information content (AvgIpc) is 2.86. The number of benzene rings is 1. The number of aromatic nitrogens is 1. The summed E-state index contributed by atoms with van der Waals surface area (Å²) in [7, 11) is 1.56. The van der Waals surface area contributed by atoms with E-state index in [1.807, 2.05) is 0 Å². The third-order valence-electron chi connectivity index (χ3n) is 3.17. The van der Waals surface area contributed by atoms with Gasteiger partial charge in [-0.1, -0.05) is 11.2 Å². The van der Waals surface area contributed by atoms with Crippen LogP contribution in [-0.2, 0) is 0 Å². The molecule has 1 heterocycles. The Labute approximate surface area is 115 Å². The lowest BCUT2D eigenvalue weighted by atomic mass is 10.1. The highest BCUT2D eigenvalue weighted by atomic mass is 19.2. The monoisotopic (exact) mass is 280 g/mol. The van der Waals surface area contributed by atoms with Crippen LogP contribution >= 0.6 is 0 Å². The van der Waals surface area contributed by atoms with Crippen LogP contribution in [-0.4, -0.2) is 23.0 Å². The summed E-state index contributed by atoms with van der Waals surface area (Å²) < 4.78 is 31.0. The van der Waals surface area contributed by atoms with Crippen LogP contribution in [0.1, 0.15) is 34.8 Å². The van der Waals surface area contributed by atoms with Gasteiger partial charge in [-0.2, -0.15) is 0 Å². The molecule has 0 saturated carbocycles. The van der Waals surface area contributed by atoms with Crippen LogP contribution in [0, 0.1) is 18.6 Å². The van der Waals surface area contributed by atoms with E-state index in [4.69, 9.17) is 4.52 Å². The number of halogens is 2. The summed E-state index contributed by atoms with van der Waals surface area (Å²) in [6.07, 6.45) is 0. The highest BCUT2D eigenvalue weighted by Gasteiger charge is 2.22. The van der Waals surface area contributed by atoms with Crippen molar-refractivity contribution in [1.29, 1.82) is 0 Å². The second-order valence-corrected chi connectivity index (χ2v) is 4.60. The third kappa shape index (κ3) is 2.68. The van der Waals surface area contributed by atoms with Crippen molar-refractivity contribution in [2.45, 2.75) is 19.9 Å². The van der Waals surface area contributed by atoms with Gasteiger partial charge in [0.05, 0.1) is 11.7 Å². The first kappa shape index (κ1) is 14.2. The molecule has 0 aliphatic rings. The standard InChI is InChI=1S/C14H14F2N2O2/c1-8-6-13(20-17-8)14(19)18(3)9(2)10-4-5-11(15)12(16)7-10/h4-7,9H,1-3H3. The summed E-state index contributed by atoms with van der Waals surface area (Å²) >= 11 is 0. The molecule has 0 bridgehead atoms. The zero-order valence-corrected chi connectivity index (χ0v) is 11.4. The summed E-state index contributed by atoms with van der Waals surface area (Å²) in [4.78, 5) is 13.5. The lowest BCUT2D eigenvalue weighted by Crippen LogP contribution is -2.29. The number of amides is 1. The zero-order chi connectivity index (χ0) is 14.9. The van der Waals surface area contributed by atoms with Crippen molar-refractivity contribution >= 4 is 5.91 Å². The van der Waals surface area contributed by atoms with Crippen molar-refractivity contribution in [3.63, 3.8) is 0 Å². The molecule has 2 rings (SSSR count). The maximum atomic E-state index is 13.2. The summed E-state index contributed by atoms with van der Waals surface area (Å²) in [5.41, 5.74) is 1.10. The summed E-state index contributed by atoms with van der Waals surface area (Å²) in [5, 5.41) is 3.65. The molecule has 1 amide bonds. The Balaban J connectivity index is 2.21. The molecule has 0 spiro atoms. The van der Waals surface area contributed by atoms with Gasteiger partial charge in [0, 0.05) is 13.1 Å². The predicted molar refractivity (Wildman–Crippen MR) is 68.1 cm³/mol. The second-order valence-electron chi connectivity index (χ2n) is 4.60. The van der Waals surface area contributed by atoms with E-state index in [9.17, 15) is 13.6 Å². The molecule has 0 radical (unpaired) electrons. The molecule has 1 unspecified atom stereocenters. The topological polar surface area (TPSA) is 46.3 Å². The van der Waals surface area contributed by atoms with Gasteiger partial charge in [-0.15, -0.1) is 0 Å². The highest BCUT2D eigenvalue weighted by Crippen LogP contribution is 2.22. The summed E-state index contributed by atoms with van der Waals surface area (Å²) in [6, 6.07) is 4.66. The fourth-order valence-electron chi connectivity index (χ4n) is 1.81. The highest BCUT2D eigenvalue weighted by molar-refractivity contribution is 5.91. The Morgan fingerprint density at radius 3 is 2.55 bits per heavy atom. The SMILES string of the molecule is Cc1cc(C(=O)N(C)C(C)c2ccc(F)c(F)c2)on1. The van der Waals surface area contributed by atoms with Gasteiger partial charge in [0.2, 0.25) is 5.76 Å². The van der Waals surface area contributed by atoms with Crippen molar-refractivity contribution in [2.24, 2.45) is 0 Å². The van der Waals surface area contributed by atoms with E-state index in [1.165, 1.54) is 17.0 Å². The smallest absolute Gasteiger partial charge is 0.292 e. The normalized spacial score (nSPS) is 12.2. The van der Waals surface area contributed by atoms with Crippen LogP contribution in [0.25, 0.3) is 0 Å². The van der Waals surface area contributed by atoms with Gasteiger partial charge in [0.15, 0.2) is 11.6 Å². The largest absolute Gasteiger partial charge is 0.351 e. The van der Waals surface area contributed by atoms with Crippen LogP contribution in [0.15, 0.2) is 28.8 Å². The fourth-order valence-corrected chi connectivity index (χ4v) is 1.81. The quantitative estimate of drug-likeness (QED) is 0.868. The van der Waals surface area contributed by atoms with Gasteiger partial charge < -0.3 is 9.42 Å². The van der Waals surface area contributed by atoms with E-state index in [-0.39, 0.29) is 11.7 Å². The number of carbonyl (C=O) groups is 1. The molecule has 2 aromatic rings. The first-order valence-electron chi connectivity index (χ1n) is 6.05. The van der Waals surface area contributed by atoms with Gasteiger partial charge >= 0.3 is 0 Å².